The smallest absolute Gasteiger partial charge is 0.410 e. The second-order valence-electron chi connectivity index (χ2n) is 8.44. The van der Waals surface area contributed by atoms with E-state index < -0.39 is 5.60 Å². The third-order valence-corrected chi connectivity index (χ3v) is 4.49. The van der Waals surface area contributed by atoms with Gasteiger partial charge in [-0.25, -0.2) is 9.59 Å². The lowest BCUT2D eigenvalue weighted by Crippen LogP contribution is -2.51. The van der Waals surface area contributed by atoms with Crippen LogP contribution in [0.5, 0.6) is 0 Å². The predicted octanol–water partition coefficient (Wildman–Crippen LogP) is 3.85. The quantitative estimate of drug-likeness (QED) is 0.815. The highest BCUT2D eigenvalue weighted by Gasteiger charge is 2.30. The minimum absolute atomic E-state index is 0.00687. The summed E-state index contributed by atoms with van der Waals surface area (Å²) in [4.78, 5) is 28.5. The zero-order valence-electron chi connectivity index (χ0n) is 17.1. The Morgan fingerprint density at radius 1 is 1.28 bits per heavy atom. The molecule has 6 heteroatoms. The van der Waals surface area contributed by atoms with E-state index >= 15 is 0 Å². The molecule has 0 radical (unpaired) electrons. The van der Waals surface area contributed by atoms with Crippen molar-refractivity contribution in [2.45, 2.75) is 85.4 Å². The summed E-state index contributed by atoms with van der Waals surface area (Å²) in [5, 5.41) is 3.03. The van der Waals surface area contributed by atoms with E-state index in [2.05, 4.69) is 12.2 Å². The van der Waals surface area contributed by atoms with E-state index in [0.717, 1.165) is 25.8 Å². The van der Waals surface area contributed by atoms with Crippen molar-refractivity contribution < 1.29 is 14.3 Å². The van der Waals surface area contributed by atoms with Gasteiger partial charge in [0.25, 0.3) is 0 Å². The molecule has 25 heavy (non-hydrogen) atoms. The summed E-state index contributed by atoms with van der Waals surface area (Å²) in [5.74, 6) is 0.284. The molecular formula is C19H37N3O3. The maximum atomic E-state index is 12.5. The van der Waals surface area contributed by atoms with Gasteiger partial charge in [-0.1, -0.05) is 6.92 Å². The van der Waals surface area contributed by atoms with Gasteiger partial charge in [0.2, 0.25) is 0 Å². The van der Waals surface area contributed by atoms with Crippen molar-refractivity contribution >= 4 is 12.1 Å². The Balaban J connectivity index is 2.66. The maximum absolute atomic E-state index is 12.5. The summed E-state index contributed by atoms with van der Waals surface area (Å²) in [6.45, 7) is 15.8. The molecular weight excluding hydrogens is 318 g/mol. The van der Waals surface area contributed by atoms with Crippen LogP contribution in [0.15, 0.2) is 0 Å². The largest absolute Gasteiger partial charge is 0.444 e. The monoisotopic (exact) mass is 355 g/mol. The van der Waals surface area contributed by atoms with Crippen LogP contribution in [0.25, 0.3) is 0 Å². The number of piperidine rings is 1. The SMILES string of the molecule is CC[C@H](C)NC(=O)N1CCC[C@@H](CN(C(=O)OC(C)(C)C)C(C)C)C1. The number of hydrogen-bond acceptors (Lipinski definition) is 3. The van der Waals surface area contributed by atoms with Crippen molar-refractivity contribution in [2.75, 3.05) is 19.6 Å². The number of carbonyl (C=O) groups excluding carboxylic acids is 2. The first kappa shape index (κ1) is 21.6. The number of likely N-dealkylation sites (tertiary alicyclic amines) is 1. The fourth-order valence-electron chi connectivity index (χ4n) is 2.90. The van der Waals surface area contributed by atoms with E-state index in [4.69, 9.17) is 4.74 Å². The third kappa shape index (κ3) is 7.53. The number of ether oxygens (including phenoxy) is 1. The van der Waals surface area contributed by atoms with E-state index in [0.29, 0.717) is 13.1 Å². The second-order valence-corrected chi connectivity index (χ2v) is 8.44. The highest BCUT2D eigenvalue weighted by Crippen LogP contribution is 2.21. The summed E-state index contributed by atoms with van der Waals surface area (Å²) in [6, 6.07) is 0.258. The van der Waals surface area contributed by atoms with Gasteiger partial charge in [0.15, 0.2) is 0 Å². The number of nitrogens with one attached hydrogen (secondary N) is 1. The predicted molar refractivity (Wildman–Crippen MR) is 101 cm³/mol. The topological polar surface area (TPSA) is 61.9 Å². The first-order valence-electron chi connectivity index (χ1n) is 9.58. The third-order valence-electron chi connectivity index (χ3n) is 4.49. The van der Waals surface area contributed by atoms with Crippen LogP contribution < -0.4 is 5.32 Å². The van der Waals surface area contributed by atoms with Crippen molar-refractivity contribution in [2.24, 2.45) is 5.92 Å². The molecule has 146 valence electrons. The Hall–Kier alpha value is -1.46. The van der Waals surface area contributed by atoms with Gasteiger partial charge in [0, 0.05) is 31.7 Å². The lowest BCUT2D eigenvalue weighted by molar-refractivity contribution is 0.0131. The summed E-state index contributed by atoms with van der Waals surface area (Å²) in [7, 11) is 0. The average molecular weight is 356 g/mol. The molecule has 1 aliphatic rings. The number of hydrogen-bond donors (Lipinski definition) is 1. The van der Waals surface area contributed by atoms with Crippen LogP contribution in [0.2, 0.25) is 0 Å². The van der Waals surface area contributed by atoms with Gasteiger partial charge in [0.1, 0.15) is 5.60 Å². The molecule has 3 amide bonds. The highest BCUT2D eigenvalue weighted by atomic mass is 16.6. The minimum atomic E-state index is -0.501. The van der Waals surface area contributed by atoms with Gasteiger partial charge in [-0.15, -0.1) is 0 Å². The van der Waals surface area contributed by atoms with Crippen LogP contribution in [0.1, 0.15) is 67.7 Å². The van der Waals surface area contributed by atoms with Crippen LogP contribution in [0.4, 0.5) is 9.59 Å². The standard InChI is InChI=1S/C19H37N3O3/c1-8-15(4)20-17(23)21-11-9-10-16(12-21)13-22(14(2)3)18(24)25-19(5,6)7/h14-16H,8-13H2,1-7H3,(H,20,23)/t15-,16+/m0/s1. The van der Waals surface area contributed by atoms with E-state index in [1.807, 2.05) is 46.4 Å². The van der Waals surface area contributed by atoms with Crippen LogP contribution in [0, 0.1) is 5.92 Å². The number of rotatable bonds is 5. The van der Waals surface area contributed by atoms with E-state index in [1.54, 1.807) is 4.90 Å². The molecule has 0 saturated carbocycles. The molecule has 0 aliphatic carbocycles. The molecule has 0 spiro atoms. The molecule has 1 rings (SSSR count). The molecule has 0 aromatic rings. The molecule has 1 saturated heterocycles. The van der Waals surface area contributed by atoms with Gasteiger partial charge in [-0.3, -0.25) is 0 Å². The summed E-state index contributed by atoms with van der Waals surface area (Å²) < 4.78 is 5.54. The van der Waals surface area contributed by atoms with Gasteiger partial charge in [-0.05, 0) is 66.7 Å². The lowest BCUT2D eigenvalue weighted by Gasteiger charge is -2.37. The minimum Gasteiger partial charge on any atom is -0.444 e. The van der Waals surface area contributed by atoms with E-state index in [-0.39, 0.29) is 30.1 Å². The number of amides is 3. The zero-order chi connectivity index (χ0) is 19.2. The Labute approximate surface area is 153 Å². The summed E-state index contributed by atoms with van der Waals surface area (Å²) >= 11 is 0. The maximum Gasteiger partial charge on any atom is 0.410 e. The van der Waals surface area contributed by atoms with Crippen molar-refractivity contribution in [1.82, 2.24) is 15.1 Å². The molecule has 1 N–H and O–H groups in total. The van der Waals surface area contributed by atoms with Gasteiger partial charge < -0.3 is 19.9 Å². The van der Waals surface area contributed by atoms with Crippen molar-refractivity contribution in [3.8, 4) is 0 Å². The van der Waals surface area contributed by atoms with Gasteiger partial charge >= 0.3 is 12.1 Å². The van der Waals surface area contributed by atoms with Crippen molar-refractivity contribution in [3.63, 3.8) is 0 Å². The fourth-order valence-corrected chi connectivity index (χ4v) is 2.90. The second kappa shape index (κ2) is 9.30. The fraction of sp³-hybridized carbons (Fsp3) is 0.895. The van der Waals surface area contributed by atoms with Crippen molar-refractivity contribution in [1.29, 1.82) is 0 Å². The first-order chi connectivity index (χ1) is 11.5. The van der Waals surface area contributed by atoms with Crippen LogP contribution in [-0.4, -0.2) is 59.2 Å². The molecule has 1 fully saturated rings. The number of nitrogens with zero attached hydrogens (tertiary/aromatic N) is 2. The van der Waals surface area contributed by atoms with Crippen molar-refractivity contribution in [3.05, 3.63) is 0 Å². The normalized spacial score (nSPS) is 19.5. The number of urea groups is 1. The molecule has 0 bridgehead atoms. The average Bonchev–Trinajstić information content (AvgIpc) is 2.50. The number of carbonyl (C=O) groups is 2. The van der Waals surface area contributed by atoms with Crippen LogP contribution >= 0.6 is 0 Å². The summed E-state index contributed by atoms with van der Waals surface area (Å²) in [5.41, 5.74) is -0.501. The lowest BCUT2D eigenvalue weighted by atomic mass is 9.97. The van der Waals surface area contributed by atoms with E-state index in [1.165, 1.54) is 0 Å². The van der Waals surface area contributed by atoms with Crippen LogP contribution in [-0.2, 0) is 4.74 Å². The zero-order valence-corrected chi connectivity index (χ0v) is 17.1. The Morgan fingerprint density at radius 2 is 1.92 bits per heavy atom. The molecule has 1 aliphatic heterocycles. The Morgan fingerprint density at radius 3 is 2.44 bits per heavy atom. The first-order valence-corrected chi connectivity index (χ1v) is 9.58. The van der Waals surface area contributed by atoms with Gasteiger partial charge in [0.05, 0.1) is 0 Å². The molecule has 1 heterocycles. The molecule has 6 nitrogen and oxygen atoms in total. The van der Waals surface area contributed by atoms with Crippen LogP contribution in [0.3, 0.4) is 0 Å². The highest BCUT2D eigenvalue weighted by molar-refractivity contribution is 5.74. The molecule has 0 unspecified atom stereocenters. The molecule has 0 aromatic carbocycles. The Kier molecular flexibility index (Phi) is 8.03. The Bertz CT molecular complexity index is 446. The van der Waals surface area contributed by atoms with E-state index in [9.17, 15) is 9.59 Å². The summed E-state index contributed by atoms with van der Waals surface area (Å²) in [6.07, 6.45) is 2.64. The molecule has 0 aromatic heterocycles. The molecule has 2 atom stereocenters. The van der Waals surface area contributed by atoms with Gasteiger partial charge in [-0.2, -0.15) is 0 Å².